The topological polar surface area (TPSA) is 17.1 Å². The third-order valence-corrected chi connectivity index (χ3v) is 4.30. The van der Waals surface area contributed by atoms with E-state index in [1.54, 1.807) is 0 Å². The van der Waals surface area contributed by atoms with Crippen LogP contribution in [0.4, 0.5) is 0 Å². The molecular formula is C18H26O. The molecule has 0 N–H and O–H groups in total. The first-order valence-corrected chi connectivity index (χ1v) is 7.93. The van der Waals surface area contributed by atoms with Crippen molar-refractivity contribution in [1.29, 1.82) is 0 Å². The number of rotatable bonds is 8. The summed E-state index contributed by atoms with van der Waals surface area (Å²) in [4.78, 5) is 12.3. The monoisotopic (exact) mass is 258 g/mol. The molecule has 0 radical (unpaired) electrons. The Labute approximate surface area is 117 Å². The number of carbonyl (C=O) groups excluding carboxylic acids is 1. The Bertz CT molecular complexity index is 408. The molecule has 0 bridgehead atoms. The third-order valence-electron chi connectivity index (χ3n) is 4.30. The van der Waals surface area contributed by atoms with Gasteiger partial charge in [0.15, 0.2) is 0 Å². The molecule has 0 aromatic heterocycles. The first-order chi connectivity index (χ1) is 9.33. The molecule has 0 saturated carbocycles. The Hall–Kier alpha value is -1.11. The smallest absolute Gasteiger partial charge is 0.140 e. The second kappa shape index (κ2) is 7.47. The lowest BCUT2D eigenvalue weighted by Gasteiger charge is -2.10. The van der Waals surface area contributed by atoms with Crippen molar-refractivity contribution in [3.05, 3.63) is 35.4 Å². The highest BCUT2D eigenvalue weighted by atomic mass is 16.1. The van der Waals surface area contributed by atoms with Crippen molar-refractivity contribution in [3.8, 4) is 0 Å². The van der Waals surface area contributed by atoms with Crippen molar-refractivity contribution in [1.82, 2.24) is 0 Å². The van der Waals surface area contributed by atoms with E-state index in [0.29, 0.717) is 5.78 Å². The number of benzene rings is 1. The number of hydrogen-bond acceptors (Lipinski definition) is 1. The van der Waals surface area contributed by atoms with Gasteiger partial charge in [0.1, 0.15) is 5.78 Å². The standard InChI is InChI=1S/C18H26O/c1-2-3-4-5-6-7-12-18(19)17-14-13-15-10-8-9-11-16(15)17/h8-11,17H,2-7,12-14H2,1H3. The summed E-state index contributed by atoms with van der Waals surface area (Å²) < 4.78 is 0. The minimum absolute atomic E-state index is 0.201. The molecule has 0 saturated heterocycles. The van der Waals surface area contributed by atoms with Crippen LogP contribution in [0.25, 0.3) is 0 Å². The fourth-order valence-corrected chi connectivity index (χ4v) is 3.15. The molecule has 0 amide bonds. The summed E-state index contributed by atoms with van der Waals surface area (Å²) in [5.41, 5.74) is 2.70. The van der Waals surface area contributed by atoms with Gasteiger partial charge in [-0.1, -0.05) is 63.3 Å². The van der Waals surface area contributed by atoms with Crippen LogP contribution in [0, 0.1) is 0 Å². The molecule has 0 heterocycles. The van der Waals surface area contributed by atoms with E-state index in [1.807, 2.05) is 0 Å². The van der Waals surface area contributed by atoms with E-state index >= 15 is 0 Å². The molecule has 2 rings (SSSR count). The van der Waals surface area contributed by atoms with Crippen molar-refractivity contribution >= 4 is 5.78 Å². The molecular weight excluding hydrogens is 232 g/mol. The maximum atomic E-state index is 12.3. The Morgan fingerprint density at radius 2 is 1.84 bits per heavy atom. The van der Waals surface area contributed by atoms with E-state index in [9.17, 15) is 4.79 Å². The van der Waals surface area contributed by atoms with Gasteiger partial charge in [0, 0.05) is 12.3 Å². The van der Waals surface area contributed by atoms with Crippen LogP contribution in [0.3, 0.4) is 0 Å². The average molecular weight is 258 g/mol. The van der Waals surface area contributed by atoms with E-state index in [4.69, 9.17) is 0 Å². The molecule has 19 heavy (non-hydrogen) atoms. The summed E-state index contributed by atoms with van der Waals surface area (Å²) in [6, 6.07) is 8.47. The molecule has 1 atom stereocenters. The molecule has 0 aliphatic heterocycles. The highest BCUT2D eigenvalue weighted by Gasteiger charge is 2.27. The molecule has 1 nitrogen and oxygen atoms in total. The summed E-state index contributed by atoms with van der Waals surface area (Å²) in [6.07, 6.45) is 10.5. The Balaban J connectivity index is 1.73. The van der Waals surface area contributed by atoms with Crippen LogP contribution < -0.4 is 0 Å². The maximum Gasteiger partial charge on any atom is 0.140 e. The molecule has 1 unspecified atom stereocenters. The second-order valence-corrected chi connectivity index (χ2v) is 5.77. The second-order valence-electron chi connectivity index (χ2n) is 5.77. The summed E-state index contributed by atoms with van der Waals surface area (Å²) in [6.45, 7) is 2.24. The molecule has 0 fully saturated rings. The zero-order chi connectivity index (χ0) is 13.5. The van der Waals surface area contributed by atoms with E-state index in [2.05, 4.69) is 31.2 Å². The molecule has 1 aliphatic rings. The molecule has 1 aromatic carbocycles. The number of fused-ring (bicyclic) bond motifs is 1. The minimum Gasteiger partial charge on any atom is -0.299 e. The molecule has 1 heteroatoms. The largest absolute Gasteiger partial charge is 0.299 e. The molecule has 0 spiro atoms. The number of unbranched alkanes of at least 4 members (excludes halogenated alkanes) is 5. The summed E-state index contributed by atoms with van der Waals surface area (Å²) in [5.74, 6) is 0.673. The van der Waals surface area contributed by atoms with Crippen molar-refractivity contribution in [2.75, 3.05) is 0 Å². The van der Waals surface area contributed by atoms with Gasteiger partial charge in [-0.05, 0) is 30.4 Å². The van der Waals surface area contributed by atoms with Crippen molar-refractivity contribution in [2.24, 2.45) is 0 Å². The molecule has 1 aliphatic carbocycles. The van der Waals surface area contributed by atoms with Gasteiger partial charge in [-0.25, -0.2) is 0 Å². The van der Waals surface area contributed by atoms with Gasteiger partial charge < -0.3 is 0 Å². The number of Topliss-reactive ketones (excluding diaryl/α,β-unsaturated/α-hetero) is 1. The van der Waals surface area contributed by atoms with E-state index < -0.39 is 0 Å². The van der Waals surface area contributed by atoms with Crippen LogP contribution >= 0.6 is 0 Å². The molecule has 104 valence electrons. The Kier molecular flexibility index (Phi) is 5.62. The highest BCUT2D eigenvalue weighted by molar-refractivity contribution is 5.86. The van der Waals surface area contributed by atoms with E-state index in [0.717, 1.165) is 25.7 Å². The van der Waals surface area contributed by atoms with Gasteiger partial charge in [0.25, 0.3) is 0 Å². The predicted molar refractivity (Wildman–Crippen MR) is 80.5 cm³/mol. The fraction of sp³-hybridized carbons (Fsp3) is 0.611. The highest BCUT2D eigenvalue weighted by Crippen LogP contribution is 2.34. The maximum absolute atomic E-state index is 12.3. The summed E-state index contributed by atoms with van der Waals surface area (Å²) in [7, 11) is 0. The van der Waals surface area contributed by atoms with Crippen LogP contribution in [0.5, 0.6) is 0 Å². The van der Waals surface area contributed by atoms with Gasteiger partial charge in [-0.2, -0.15) is 0 Å². The van der Waals surface area contributed by atoms with E-state index in [-0.39, 0.29) is 5.92 Å². The molecule has 1 aromatic rings. The first kappa shape index (κ1) is 14.3. The number of aryl methyl sites for hydroxylation is 1. The van der Waals surface area contributed by atoms with Crippen LogP contribution in [0.2, 0.25) is 0 Å². The Morgan fingerprint density at radius 3 is 2.68 bits per heavy atom. The zero-order valence-corrected chi connectivity index (χ0v) is 12.2. The van der Waals surface area contributed by atoms with Crippen molar-refractivity contribution in [2.45, 2.75) is 70.6 Å². The zero-order valence-electron chi connectivity index (χ0n) is 12.2. The third kappa shape index (κ3) is 3.92. The minimum atomic E-state index is 0.201. The van der Waals surface area contributed by atoms with Gasteiger partial charge in [-0.15, -0.1) is 0 Å². The van der Waals surface area contributed by atoms with Gasteiger partial charge in [-0.3, -0.25) is 4.79 Å². The summed E-state index contributed by atoms with van der Waals surface area (Å²) >= 11 is 0. The van der Waals surface area contributed by atoms with Crippen LogP contribution in [-0.2, 0) is 11.2 Å². The van der Waals surface area contributed by atoms with Crippen LogP contribution in [0.1, 0.15) is 75.3 Å². The van der Waals surface area contributed by atoms with Gasteiger partial charge >= 0.3 is 0 Å². The fourth-order valence-electron chi connectivity index (χ4n) is 3.15. The quantitative estimate of drug-likeness (QED) is 0.597. The lowest BCUT2D eigenvalue weighted by atomic mass is 9.93. The SMILES string of the molecule is CCCCCCCCC(=O)C1CCc2ccccc21. The van der Waals surface area contributed by atoms with Crippen molar-refractivity contribution < 1.29 is 4.79 Å². The lowest BCUT2D eigenvalue weighted by Crippen LogP contribution is -2.09. The normalized spacial score (nSPS) is 17.4. The van der Waals surface area contributed by atoms with Crippen LogP contribution in [-0.4, -0.2) is 5.78 Å². The summed E-state index contributed by atoms with van der Waals surface area (Å²) in [5, 5.41) is 0. The Morgan fingerprint density at radius 1 is 1.11 bits per heavy atom. The van der Waals surface area contributed by atoms with Crippen molar-refractivity contribution in [3.63, 3.8) is 0 Å². The predicted octanol–water partition coefficient (Wildman–Crippen LogP) is 5.04. The van der Waals surface area contributed by atoms with Gasteiger partial charge in [0.2, 0.25) is 0 Å². The number of hydrogen-bond donors (Lipinski definition) is 0. The number of carbonyl (C=O) groups is 1. The van der Waals surface area contributed by atoms with Gasteiger partial charge in [0.05, 0.1) is 0 Å². The first-order valence-electron chi connectivity index (χ1n) is 7.93. The lowest BCUT2D eigenvalue weighted by molar-refractivity contribution is -0.120. The number of ketones is 1. The van der Waals surface area contributed by atoms with E-state index in [1.165, 1.54) is 43.2 Å². The average Bonchev–Trinajstić information content (AvgIpc) is 2.86. The van der Waals surface area contributed by atoms with Crippen LogP contribution in [0.15, 0.2) is 24.3 Å².